The Bertz CT molecular complexity index is 606. The molecule has 0 spiro atoms. The maximum absolute atomic E-state index is 4.65. The zero-order valence-electron chi connectivity index (χ0n) is 12.3. The van der Waals surface area contributed by atoms with E-state index in [4.69, 9.17) is 0 Å². The highest BCUT2D eigenvalue weighted by Crippen LogP contribution is 2.42. The predicted molar refractivity (Wildman–Crippen MR) is 83.3 cm³/mol. The van der Waals surface area contributed by atoms with E-state index in [0.29, 0.717) is 12.0 Å². The average molecular weight is 287 g/mol. The molecule has 106 valence electrons. The minimum atomic E-state index is 0.349. The molecule has 0 fully saturated rings. The van der Waals surface area contributed by atoms with Gasteiger partial charge in [-0.3, -0.25) is 4.98 Å². The Morgan fingerprint density at radius 1 is 1.45 bits per heavy atom. The number of nitrogens with one attached hydrogen (secondary N) is 1. The van der Waals surface area contributed by atoms with Crippen molar-refractivity contribution in [2.75, 3.05) is 6.54 Å². The molecule has 2 atom stereocenters. The third-order valence-corrected chi connectivity index (χ3v) is 5.21. The van der Waals surface area contributed by atoms with E-state index in [0.717, 1.165) is 18.0 Å². The summed E-state index contributed by atoms with van der Waals surface area (Å²) in [6, 6.07) is 4.61. The van der Waals surface area contributed by atoms with Crippen molar-refractivity contribution in [3.05, 3.63) is 45.2 Å². The Balaban J connectivity index is 1.98. The average Bonchev–Trinajstić information content (AvgIpc) is 3.00. The minimum absolute atomic E-state index is 0.349. The molecule has 0 bridgehead atoms. The number of thiazole rings is 1. The third kappa shape index (κ3) is 2.38. The minimum Gasteiger partial charge on any atom is -0.309 e. The number of aryl methyl sites for hydroxylation is 3. The Morgan fingerprint density at radius 2 is 2.30 bits per heavy atom. The first kappa shape index (κ1) is 13.7. The van der Waals surface area contributed by atoms with Crippen LogP contribution in [0.1, 0.15) is 52.1 Å². The lowest BCUT2D eigenvalue weighted by atomic mass is 9.94. The number of rotatable bonds is 4. The van der Waals surface area contributed by atoms with Gasteiger partial charge in [0.15, 0.2) is 0 Å². The molecule has 0 amide bonds. The number of likely N-dealkylation sites (N-methyl/N-ethyl adjacent to an activating group) is 1. The van der Waals surface area contributed by atoms with E-state index in [9.17, 15) is 0 Å². The second kappa shape index (κ2) is 5.62. The van der Waals surface area contributed by atoms with E-state index < -0.39 is 0 Å². The van der Waals surface area contributed by atoms with Gasteiger partial charge in [0.05, 0.1) is 16.7 Å². The van der Waals surface area contributed by atoms with Crippen molar-refractivity contribution in [2.45, 2.75) is 45.6 Å². The van der Waals surface area contributed by atoms with Crippen LogP contribution in [-0.2, 0) is 6.42 Å². The van der Waals surface area contributed by atoms with Crippen molar-refractivity contribution in [1.82, 2.24) is 15.3 Å². The normalized spacial score (nSPS) is 19.1. The van der Waals surface area contributed by atoms with E-state index in [2.05, 4.69) is 42.1 Å². The van der Waals surface area contributed by atoms with Gasteiger partial charge in [-0.2, -0.15) is 0 Å². The van der Waals surface area contributed by atoms with Gasteiger partial charge in [-0.05, 0) is 44.9 Å². The molecule has 20 heavy (non-hydrogen) atoms. The highest BCUT2D eigenvalue weighted by Gasteiger charge is 2.33. The molecule has 2 unspecified atom stereocenters. The first-order valence-corrected chi connectivity index (χ1v) is 8.13. The summed E-state index contributed by atoms with van der Waals surface area (Å²) in [4.78, 5) is 10.6. The van der Waals surface area contributed by atoms with Crippen molar-refractivity contribution in [3.8, 4) is 0 Å². The highest BCUT2D eigenvalue weighted by molar-refractivity contribution is 7.11. The van der Waals surface area contributed by atoms with Crippen LogP contribution in [0.3, 0.4) is 0 Å². The number of hydrogen-bond acceptors (Lipinski definition) is 4. The monoisotopic (exact) mass is 287 g/mol. The van der Waals surface area contributed by atoms with Gasteiger partial charge in [0.25, 0.3) is 0 Å². The molecule has 1 aliphatic rings. The van der Waals surface area contributed by atoms with Crippen molar-refractivity contribution in [3.63, 3.8) is 0 Å². The van der Waals surface area contributed by atoms with Gasteiger partial charge in [0.2, 0.25) is 0 Å². The number of hydrogen-bond donors (Lipinski definition) is 1. The van der Waals surface area contributed by atoms with Crippen LogP contribution >= 0.6 is 11.3 Å². The fourth-order valence-electron chi connectivity index (χ4n) is 3.24. The van der Waals surface area contributed by atoms with Gasteiger partial charge in [-0.1, -0.05) is 13.0 Å². The number of aromatic nitrogens is 2. The summed E-state index contributed by atoms with van der Waals surface area (Å²) >= 11 is 1.82. The van der Waals surface area contributed by atoms with Gasteiger partial charge >= 0.3 is 0 Å². The molecule has 3 nitrogen and oxygen atoms in total. The quantitative estimate of drug-likeness (QED) is 0.934. The summed E-state index contributed by atoms with van der Waals surface area (Å²) in [5.74, 6) is 0.477. The number of pyridine rings is 1. The van der Waals surface area contributed by atoms with Crippen LogP contribution < -0.4 is 5.32 Å². The fraction of sp³-hybridized carbons (Fsp3) is 0.500. The Kier molecular flexibility index (Phi) is 3.85. The van der Waals surface area contributed by atoms with Crippen LogP contribution in [0.4, 0.5) is 0 Å². The van der Waals surface area contributed by atoms with Crippen LogP contribution in [0.5, 0.6) is 0 Å². The first-order valence-electron chi connectivity index (χ1n) is 7.31. The standard InChI is InChI=1S/C16H21N3S/c1-4-17-15(16-10(2)19-11(3)20-16)13-8-7-12-6-5-9-18-14(12)13/h5-6,9,13,15,17H,4,7-8H2,1-3H3. The zero-order chi connectivity index (χ0) is 14.1. The molecular formula is C16H21N3S. The van der Waals surface area contributed by atoms with Crippen molar-refractivity contribution < 1.29 is 0 Å². The maximum Gasteiger partial charge on any atom is 0.0900 e. The highest BCUT2D eigenvalue weighted by atomic mass is 32.1. The summed E-state index contributed by atoms with van der Waals surface area (Å²) in [5.41, 5.74) is 3.87. The lowest BCUT2D eigenvalue weighted by Gasteiger charge is -2.24. The van der Waals surface area contributed by atoms with Crippen LogP contribution in [0.2, 0.25) is 0 Å². The molecule has 0 aliphatic heterocycles. The Morgan fingerprint density at radius 3 is 3.00 bits per heavy atom. The molecule has 2 aromatic rings. The SMILES string of the molecule is CCNC(c1sc(C)nc1C)C1CCc2cccnc21. The van der Waals surface area contributed by atoms with Gasteiger partial charge in [-0.15, -0.1) is 11.3 Å². The lowest BCUT2D eigenvalue weighted by molar-refractivity contribution is 0.451. The van der Waals surface area contributed by atoms with Crippen LogP contribution in [0, 0.1) is 13.8 Å². The summed E-state index contributed by atoms with van der Waals surface area (Å²) in [7, 11) is 0. The Labute approximate surface area is 124 Å². The van der Waals surface area contributed by atoms with E-state index in [1.165, 1.54) is 28.2 Å². The topological polar surface area (TPSA) is 37.8 Å². The summed E-state index contributed by atoms with van der Waals surface area (Å²) < 4.78 is 0. The van der Waals surface area contributed by atoms with Gasteiger partial charge in [0.1, 0.15) is 0 Å². The number of nitrogens with zero attached hydrogens (tertiary/aromatic N) is 2. The van der Waals surface area contributed by atoms with E-state index in [1.807, 2.05) is 23.6 Å². The maximum atomic E-state index is 4.65. The van der Waals surface area contributed by atoms with E-state index >= 15 is 0 Å². The largest absolute Gasteiger partial charge is 0.309 e. The molecule has 2 heterocycles. The first-order chi connectivity index (χ1) is 9.70. The predicted octanol–water partition coefficient (Wildman–Crippen LogP) is 3.54. The number of fused-ring (bicyclic) bond motifs is 1. The summed E-state index contributed by atoms with van der Waals surface area (Å²) in [6.45, 7) is 7.35. The Hall–Kier alpha value is -1.26. The van der Waals surface area contributed by atoms with Crippen LogP contribution in [-0.4, -0.2) is 16.5 Å². The molecule has 1 aliphatic carbocycles. The summed E-state index contributed by atoms with van der Waals surface area (Å²) in [6.07, 6.45) is 4.25. The molecule has 3 rings (SSSR count). The molecule has 0 saturated carbocycles. The third-order valence-electron chi connectivity index (χ3n) is 4.05. The van der Waals surface area contributed by atoms with Crippen molar-refractivity contribution in [2.24, 2.45) is 0 Å². The van der Waals surface area contributed by atoms with E-state index in [-0.39, 0.29) is 0 Å². The van der Waals surface area contributed by atoms with E-state index in [1.54, 1.807) is 0 Å². The molecular weight excluding hydrogens is 266 g/mol. The van der Waals surface area contributed by atoms with Crippen molar-refractivity contribution in [1.29, 1.82) is 0 Å². The fourth-order valence-corrected chi connectivity index (χ4v) is 4.31. The summed E-state index contributed by atoms with van der Waals surface area (Å²) in [5, 5.41) is 4.82. The smallest absolute Gasteiger partial charge is 0.0900 e. The molecule has 1 N–H and O–H groups in total. The molecule has 0 saturated heterocycles. The lowest BCUT2D eigenvalue weighted by Crippen LogP contribution is -2.26. The molecule has 0 radical (unpaired) electrons. The van der Waals surface area contributed by atoms with Gasteiger partial charge < -0.3 is 5.32 Å². The second-order valence-electron chi connectivity index (χ2n) is 5.41. The van der Waals surface area contributed by atoms with Crippen LogP contribution in [0.25, 0.3) is 0 Å². The molecule has 0 aromatic carbocycles. The second-order valence-corrected chi connectivity index (χ2v) is 6.65. The van der Waals surface area contributed by atoms with Crippen molar-refractivity contribution >= 4 is 11.3 Å². The van der Waals surface area contributed by atoms with Crippen LogP contribution in [0.15, 0.2) is 18.3 Å². The zero-order valence-corrected chi connectivity index (χ0v) is 13.1. The molecule has 2 aromatic heterocycles. The van der Waals surface area contributed by atoms with Gasteiger partial charge in [0, 0.05) is 22.7 Å². The van der Waals surface area contributed by atoms with Gasteiger partial charge in [-0.25, -0.2) is 4.98 Å². The molecule has 4 heteroatoms.